The summed E-state index contributed by atoms with van der Waals surface area (Å²) in [4.78, 5) is 0. The van der Waals surface area contributed by atoms with Gasteiger partial charge in [0.05, 0.1) is 0 Å². The van der Waals surface area contributed by atoms with Gasteiger partial charge >= 0.3 is 0 Å². The van der Waals surface area contributed by atoms with E-state index in [0.717, 1.165) is 5.56 Å². The largest absolute Gasteiger partial charge is 0.247 e. The molecule has 1 atom stereocenters. The lowest BCUT2D eigenvalue weighted by atomic mass is 10.0. The smallest absolute Gasteiger partial charge is 0.108 e. The lowest BCUT2D eigenvalue weighted by Gasteiger charge is -2.03. The molecule has 1 aromatic carbocycles. The summed E-state index contributed by atoms with van der Waals surface area (Å²) in [6.45, 7) is -0.396. The first kappa shape index (κ1) is 8.24. The quantitative estimate of drug-likeness (QED) is 0.603. The zero-order chi connectivity index (χ0) is 9.10. The Morgan fingerprint density at radius 1 is 1.38 bits per heavy atom. The molecule has 0 aliphatic heterocycles. The maximum absolute atomic E-state index is 11.9. The highest BCUT2D eigenvalue weighted by molar-refractivity contribution is 5.45. The van der Waals surface area contributed by atoms with Gasteiger partial charge < -0.3 is 0 Å². The summed E-state index contributed by atoms with van der Waals surface area (Å²) >= 11 is 0. The number of hydrogen-bond acceptors (Lipinski definition) is 0. The molecule has 1 aliphatic carbocycles. The third-order valence-corrected chi connectivity index (χ3v) is 2.17. The normalized spacial score (nSPS) is 19.6. The van der Waals surface area contributed by atoms with Crippen molar-refractivity contribution in [3.05, 3.63) is 59.7 Å². The van der Waals surface area contributed by atoms with E-state index in [1.54, 1.807) is 6.08 Å². The van der Waals surface area contributed by atoms with Crippen molar-refractivity contribution in [3.63, 3.8) is 0 Å². The van der Waals surface area contributed by atoms with E-state index < -0.39 is 6.67 Å². The van der Waals surface area contributed by atoms with Crippen molar-refractivity contribution in [2.75, 3.05) is 6.67 Å². The molecular formula is C12H10F. The molecule has 1 radical (unpaired) electrons. The fourth-order valence-electron chi connectivity index (χ4n) is 1.55. The maximum Gasteiger partial charge on any atom is 0.108 e. The number of hydrogen-bond donors (Lipinski definition) is 0. The first-order chi connectivity index (χ1) is 6.42. The Labute approximate surface area is 77.4 Å². The van der Waals surface area contributed by atoms with Crippen LogP contribution in [0.15, 0.2) is 42.5 Å². The van der Waals surface area contributed by atoms with Gasteiger partial charge in [0.25, 0.3) is 0 Å². The molecular weight excluding hydrogens is 163 g/mol. The van der Waals surface area contributed by atoms with Crippen molar-refractivity contribution < 1.29 is 4.39 Å². The van der Waals surface area contributed by atoms with E-state index in [-0.39, 0.29) is 5.92 Å². The van der Waals surface area contributed by atoms with E-state index in [2.05, 4.69) is 12.1 Å². The summed E-state index contributed by atoms with van der Waals surface area (Å²) in [5.74, 6) is 0.215. The summed E-state index contributed by atoms with van der Waals surface area (Å²) in [5.41, 5.74) is 2.34. The molecule has 0 N–H and O–H groups in total. The Hall–Kier alpha value is -1.37. The van der Waals surface area contributed by atoms with Crippen LogP contribution in [0.1, 0.15) is 17.0 Å². The molecule has 13 heavy (non-hydrogen) atoms. The van der Waals surface area contributed by atoms with Gasteiger partial charge in [0.15, 0.2) is 0 Å². The first-order valence-corrected chi connectivity index (χ1v) is 4.33. The highest BCUT2D eigenvalue weighted by Gasteiger charge is 2.13. The molecule has 1 heteroatoms. The van der Waals surface area contributed by atoms with Gasteiger partial charge in [-0.25, -0.2) is 4.39 Å². The number of halogens is 1. The lowest BCUT2D eigenvalue weighted by molar-refractivity contribution is 0.560. The average Bonchev–Trinajstić information content (AvgIpc) is 2.58. The maximum atomic E-state index is 11.9. The van der Waals surface area contributed by atoms with Crippen molar-refractivity contribution in [3.8, 4) is 0 Å². The predicted molar refractivity (Wildman–Crippen MR) is 51.2 cm³/mol. The van der Waals surface area contributed by atoms with Crippen LogP contribution in [0.25, 0.3) is 0 Å². The van der Waals surface area contributed by atoms with Gasteiger partial charge in [-0.3, -0.25) is 0 Å². The van der Waals surface area contributed by atoms with Crippen LogP contribution in [-0.2, 0) is 0 Å². The molecule has 1 unspecified atom stereocenters. The molecule has 1 aliphatic rings. The molecule has 0 saturated heterocycles. The monoisotopic (exact) mass is 173 g/mol. The highest BCUT2D eigenvalue weighted by Crippen LogP contribution is 2.28. The minimum atomic E-state index is -0.396. The Morgan fingerprint density at radius 2 is 2.23 bits per heavy atom. The van der Waals surface area contributed by atoms with Gasteiger partial charge in [0, 0.05) is 5.92 Å². The Balaban J connectivity index is 2.28. The van der Waals surface area contributed by atoms with Crippen molar-refractivity contribution in [2.45, 2.75) is 5.92 Å². The molecule has 0 amide bonds. The highest BCUT2D eigenvalue weighted by atomic mass is 19.1. The first-order valence-electron chi connectivity index (χ1n) is 4.33. The van der Waals surface area contributed by atoms with E-state index in [1.165, 1.54) is 5.56 Å². The van der Waals surface area contributed by atoms with Gasteiger partial charge in [-0.05, 0) is 17.2 Å². The van der Waals surface area contributed by atoms with Crippen LogP contribution in [-0.4, -0.2) is 6.67 Å². The van der Waals surface area contributed by atoms with Crippen LogP contribution in [0.5, 0.6) is 0 Å². The van der Waals surface area contributed by atoms with E-state index in [4.69, 9.17) is 0 Å². The number of allylic oxidation sites excluding steroid dienone is 3. The molecule has 0 aromatic heterocycles. The summed E-state index contributed by atoms with van der Waals surface area (Å²) < 4.78 is 11.9. The molecule has 1 aromatic rings. The minimum absolute atomic E-state index is 0.215. The Kier molecular flexibility index (Phi) is 2.26. The predicted octanol–water partition coefficient (Wildman–Crippen LogP) is 3.02. The van der Waals surface area contributed by atoms with Gasteiger partial charge in [-0.15, -0.1) is 0 Å². The van der Waals surface area contributed by atoms with Gasteiger partial charge in [-0.2, -0.15) is 0 Å². The second-order valence-corrected chi connectivity index (χ2v) is 3.01. The summed E-state index contributed by atoms with van der Waals surface area (Å²) in [5, 5.41) is 0. The number of benzene rings is 1. The third kappa shape index (κ3) is 1.55. The van der Waals surface area contributed by atoms with Crippen LogP contribution in [0.4, 0.5) is 4.39 Å². The molecule has 0 spiro atoms. The number of fused-ring (bicyclic) bond motifs is 1. The molecule has 0 fully saturated rings. The minimum Gasteiger partial charge on any atom is -0.247 e. The van der Waals surface area contributed by atoms with Crippen LogP contribution < -0.4 is 0 Å². The average molecular weight is 173 g/mol. The molecule has 0 saturated carbocycles. The molecule has 0 heterocycles. The van der Waals surface area contributed by atoms with Crippen LogP contribution in [0.2, 0.25) is 0 Å². The SMILES string of the molecule is FC/C=C/C1C=[C]c2ccccc21. The zero-order valence-corrected chi connectivity index (χ0v) is 7.20. The molecule has 2 rings (SSSR count). The summed E-state index contributed by atoms with van der Waals surface area (Å²) in [6, 6.07) is 8.06. The van der Waals surface area contributed by atoms with Crippen LogP contribution in [0.3, 0.4) is 0 Å². The number of alkyl halides is 1. The van der Waals surface area contributed by atoms with Crippen LogP contribution >= 0.6 is 0 Å². The van der Waals surface area contributed by atoms with E-state index in [0.29, 0.717) is 0 Å². The van der Waals surface area contributed by atoms with E-state index in [9.17, 15) is 4.39 Å². The molecule has 0 bridgehead atoms. The van der Waals surface area contributed by atoms with E-state index >= 15 is 0 Å². The third-order valence-electron chi connectivity index (χ3n) is 2.17. The Morgan fingerprint density at radius 3 is 3.08 bits per heavy atom. The zero-order valence-electron chi connectivity index (χ0n) is 7.20. The van der Waals surface area contributed by atoms with Gasteiger partial charge in [0.1, 0.15) is 6.67 Å². The van der Waals surface area contributed by atoms with Crippen molar-refractivity contribution >= 4 is 0 Å². The summed E-state index contributed by atoms with van der Waals surface area (Å²) in [7, 11) is 0. The second-order valence-electron chi connectivity index (χ2n) is 3.01. The topological polar surface area (TPSA) is 0 Å². The number of rotatable bonds is 2. The Bertz CT molecular complexity index is 350. The fourth-order valence-corrected chi connectivity index (χ4v) is 1.55. The second kappa shape index (κ2) is 3.56. The molecule has 0 nitrogen and oxygen atoms in total. The van der Waals surface area contributed by atoms with Crippen molar-refractivity contribution in [2.24, 2.45) is 0 Å². The molecule has 65 valence electrons. The fraction of sp³-hybridized carbons (Fsp3) is 0.167. The van der Waals surface area contributed by atoms with Gasteiger partial charge in [0.2, 0.25) is 0 Å². The lowest BCUT2D eigenvalue weighted by Crippen LogP contribution is -1.88. The van der Waals surface area contributed by atoms with E-state index in [1.807, 2.05) is 30.4 Å². The van der Waals surface area contributed by atoms with Crippen molar-refractivity contribution in [1.82, 2.24) is 0 Å². The summed E-state index contributed by atoms with van der Waals surface area (Å²) in [6.07, 6.45) is 8.55. The van der Waals surface area contributed by atoms with Gasteiger partial charge in [-0.1, -0.05) is 42.5 Å². The standard InChI is InChI=1S/C12H10F/c13-9-3-5-11-8-7-10-4-1-2-6-12(10)11/h1-6,8,11H,9H2/b5-3+. The van der Waals surface area contributed by atoms with Crippen LogP contribution in [0, 0.1) is 6.08 Å². The van der Waals surface area contributed by atoms with Crippen molar-refractivity contribution in [1.29, 1.82) is 0 Å².